The quantitative estimate of drug-likeness (QED) is 0.708. The normalized spacial score (nSPS) is 15.3. The summed E-state index contributed by atoms with van der Waals surface area (Å²) in [6, 6.07) is 0. The molecular weight excluding hydrogens is 192 g/mol. The average molecular weight is 208 g/mol. The van der Waals surface area contributed by atoms with Crippen LogP contribution in [-0.2, 0) is 17.9 Å². The Kier molecular flexibility index (Phi) is 3.01. The van der Waals surface area contributed by atoms with Crippen LogP contribution < -0.4 is 11.1 Å². The SMILES string of the molecule is NCc1nccn1CC(=O)NCC1CC1. The maximum absolute atomic E-state index is 11.5. The lowest BCUT2D eigenvalue weighted by Crippen LogP contribution is -2.29. The molecule has 0 saturated heterocycles. The van der Waals surface area contributed by atoms with E-state index in [0.29, 0.717) is 19.0 Å². The molecule has 3 N–H and O–H groups in total. The van der Waals surface area contributed by atoms with Crippen molar-refractivity contribution in [2.75, 3.05) is 6.54 Å². The Labute approximate surface area is 88.7 Å². The van der Waals surface area contributed by atoms with E-state index in [-0.39, 0.29) is 5.91 Å². The molecule has 1 aliphatic rings. The van der Waals surface area contributed by atoms with Gasteiger partial charge in [-0.15, -0.1) is 0 Å². The Morgan fingerprint density at radius 2 is 2.47 bits per heavy atom. The molecule has 1 aliphatic carbocycles. The molecule has 1 fully saturated rings. The molecule has 0 bridgehead atoms. The minimum atomic E-state index is 0.0367. The van der Waals surface area contributed by atoms with E-state index in [4.69, 9.17) is 5.73 Å². The summed E-state index contributed by atoms with van der Waals surface area (Å²) in [6.07, 6.45) is 5.94. The summed E-state index contributed by atoms with van der Waals surface area (Å²) in [5, 5.41) is 2.91. The summed E-state index contributed by atoms with van der Waals surface area (Å²) >= 11 is 0. The van der Waals surface area contributed by atoms with Crippen molar-refractivity contribution in [3.8, 4) is 0 Å². The lowest BCUT2D eigenvalue weighted by atomic mass is 10.4. The molecule has 1 aromatic rings. The zero-order valence-corrected chi connectivity index (χ0v) is 8.65. The Morgan fingerprint density at radius 1 is 1.67 bits per heavy atom. The van der Waals surface area contributed by atoms with Crippen molar-refractivity contribution < 1.29 is 4.79 Å². The van der Waals surface area contributed by atoms with Crippen LogP contribution in [0.4, 0.5) is 0 Å². The van der Waals surface area contributed by atoms with Crippen LogP contribution in [0.25, 0.3) is 0 Å². The largest absolute Gasteiger partial charge is 0.354 e. The summed E-state index contributed by atoms with van der Waals surface area (Å²) in [5.41, 5.74) is 5.49. The highest BCUT2D eigenvalue weighted by molar-refractivity contribution is 5.75. The molecule has 0 radical (unpaired) electrons. The van der Waals surface area contributed by atoms with Crippen molar-refractivity contribution in [1.29, 1.82) is 0 Å². The second-order valence-corrected chi connectivity index (χ2v) is 3.92. The Balaban J connectivity index is 1.81. The fourth-order valence-corrected chi connectivity index (χ4v) is 1.46. The standard InChI is InChI=1S/C10H16N4O/c11-5-9-12-3-4-14(9)7-10(15)13-6-8-1-2-8/h3-4,8H,1-2,5-7,11H2,(H,13,15). The summed E-state index contributed by atoms with van der Waals surface area (Å²) in [6.45, 7) is 1.49. The third kappa shape index (κ3) is 2.79. The smallest absolute Gasteiger partial charge is 0.239 e. The molecule has 1 amide bonds. The van der Waals surface area contributed by atoms with Gasteiger partial charge in [0.1, 0.15) is 12.4 Å². The molecule has 1 aromatic heterocycles. The van der Waals surface area contributed by atoms with Gasteiger partial charge in [-0.25, -0.2) is 4.98 Å². The highest BCUT2D eigenvalue weighted by Crippen LogP contribution is 2.27. The highest BCUT2D eigenvalue weighted by atomic mass is 16.1. The topological polar surface area (TPSA) is 72.9 Å². The molecule has 0 aliphatic heterocycles. The zero-order valence-electron chi connectivity index (χ0n) is 8.65. The van der Waals surface area contributed by atoms with E-state index in [1.165, 1.54) is 12.8 Å². The monoisotopic (exact) mass is 208 g/mol. The number of rotatable bonds is 5. The maximum Gasteiger partial charge on any atom is 0.239 e. The Morgan fingerprint density at radius 3 is 3.13 bits per heavy atom. The summed E-state index contributed by atoms with van der Waals surface area (Å²) < 4.78 is 1.78. The molecule has 0 aromatic carbocycles. The molecule has 1 heterocycles. The van der Waals surface area contributed by atoms with Crippen LogP contribution in [0.1, 0.15) is 18.7 Å². The fourth-order valence-electron chi connectivity index (χ4n) is 1.46. The van der Waals surface area contributed by atoms with Crippen molar-refractivity contribution in [2.24, 2.45) is 11.7 Å². The van der Waals surface area contributed by atoms with Gasteiger partial charge in [0.25, 0.3) is 0 Å². The van der Waals surface area contributed by atoms with Gasteiger partial charge in [0.05, 0.1) is 6.54 Å². The van der Waals surface area contributed by atoms with Crippen molar-refractivity contribution in [2.45, 2.75) is 25.9 Å². The average Bonchev–Trinajstić information content (AvgIpc) is 2.96. The second kappa shape index (κ2) is 4.44. The zero-order chi connectivity index (χ0) is 10.7. The van der Waals surface area contributed by atoms with Gasteiger partial charge in [0.2, 0.25) is 5.91 Å². The highest BCUT2D eigenvalue weighted by Gasteiger charge is 2.21. The van der Waals surface area contributed by atoms with E-state index in [2.05, 4.69) is 10.3 Å². The third-order valence-electron chi connectivity index (χ3n) is 2.58. The van der Waals surface area contributed by atoms with Crippen LogP contribution in [0.5, 0.6) is 0 Å². The Bertz CT molecular complexity index is 343. The first kappa shape index (κ1) is 10.2. The molecule has 0 unspecified atom stereocenters. The predicted molar refractivity (Wildman–Crippen MR) is 55.9 cm³/mol. The second-order valence-electron chi connectivity index (χ2n) is 3.92. The summed E-state index contributed by atoms with van der Waals surface area (Å²) in [5.74, 6) is 1.50. The number of nitrogens with two attached hydrogens (primary N) is 1. The van der Waals surface area contributed by atoms with E-state index in [1.807, 2.05) is 0 Å². The number of nitrogens with zero attached hydrogens (tertiary/aromatic N) is 2. The van der Waals surface area contributed by atoms with Crippen molar-refractivity contribution in [3.63, 3.8) is 0 Å². The van der Waals surface area contributed by atoms with Crippen LogP contribution in [0.15, 0.2) is 12.4 Å². The predicted octanol–water partition coefficient (Wildman–Crippen LogP) is -0.132. The summed E-state index contributed by atoms with van der Waals surface area (Å²) in [7, 11) is 0. The molecule has 0 spiro atoms. The number of hydrogen-bond donors (Lipinski definition) is 2. The van der Waals surface area contributed by atoms with E-state index >= 15 is 0 Å². The van der Waals surface area contributed by atoms with Gasteiger partial charge in [-0.05, 0) is 18.8 Å². The number of carbonyl (C=O) groups is 1. The van der Waals surface area contributed by atoms with Gasteiger partial charge in [-0.2, -0.15) is 0 Å². The molecule has 82 valence electrons. The number of nitrogens with one attached hydrogen (secondary N) is 1. The minimum Gasteiger partial charge on any atom is -0.354 e. The first-order chi connectivity index (χ1) is 7.29. The molecule has 15 heavy (non-hydrogen) atoms. The van der Waals surface area contributed by atoms with Crippen LogP contribution >= 0.6 is 0 Å². The lowest BCUT2D eigenvalue weighted by Gasteiger charge is -2.07. The van der Waals surface area contributed by atoms with E-state index in [1.54, 1.807) is 17.0 Å². The third-order valence-corrected chi connectivity index (χ3v) is 2.58. The van der Waals surface area contributed by atoms with E-state index in [0.717, 1.165) is 12.4 Å². The van der Waals surface area contributed by atoms with Crippen LogP contribution in [0.2, 0.25) is 0 Å². The van der Waals surface area contributed by atoms with E-state index in [9.17, 15) is 4.79 Å². The summed E-state index contributed by atoms with van der Waals surface area (Å²) in [4.78, 5) is 15.6. The molecular formula is C10H16N4O. The maximum atomic E-state index is 11.5. The fraction of sp³-hybridized carbons (Fsp3) is 0.600. The van der Waals surface area contributed by atoms with Gasteiger partial charge < -0.3 is 15.6 Å². The van der Waals surface area contributed by atoms with Crippen LogP contribution in [0, 0.1) is 5.92 Å². The Hall–Kier alpha value is -1.36. The number of carbonyl (C=O) groups excluding carboxylic acids is 1. The minimum absolute atomic E-state index is 0.0367. The lowest BCUT2D eigenvalue weighted by molar-refractivity contribution is -0.121. The number of hydrogen-bond acceptors (Lipinski definition) is 3. The van der Waals surface area contributed by atoms with Crippen molar-refractivity contribution in [3.05, 3.63) is 18.2 Å². The number of imidazole rings is 1. The van der Waals surface area contributed by atoms with Gasteiger partial charge in [-0.3, -0.25) is 4.79 Å². The molecule has 2 rings (SSSR count). The van der Waals surface area contributed by atoms with Gasteiger partial charge in [0.15, 0.2) is 0 Å². The first-order valence-corrected chi connectivity index (χ1v) is 5.26. The molecule has 0 atom stereocenters. The van der Waals surface area contributed by atoms with Crippen molar-refractivity contribution >= 4 is 5.91 Å². The number of aromatic nitrogens is 2. The molecule has 5 nitrogen and oxygen atoms in total. The first-order valence-electron chi connectivity index (χ1n) is 5.26. The molecule has 5 heteroatoms. The van der Waals surface area contributed by atoms with Gasteiger partial charge >= 0.3 is 0 Å². The number of amides is 1. The van der Waals surface area contributed by atoms with E-state index < -0.39 is 0 Å². The van der Waals surface area contributed by atoms with Gasteiger partial charge in [-0.1, -0.05) is 0 Å². The van der Waals surface area contributed by atoms with Crippen LogP contribution in [-0.4, -0.2) is 22.0 Å². The van der Waals surface area contributed by atoms with Gasteiger partial charge in [0, 0.05) is 18.9 Å². The van der Waals surface area contributed by atoms with Crippen molar-refractivity contribution in [1.82, 2.24) is 14.9 Å². The molecule has 1 saturated carbocycles. The van der Waals surface area contributed by atoms with Crippen LogP contribution in [0.3, 0.4) is 0 Å².